The van der Waals surface area contributed by atoms with Crippen molar-refractivity contribution >= 4 is 6.29 Å². The van der Waals surface area contributed by atoms with Gasteiger partial charge in [0.1, 0.15) is 6.29 Å². The summed E-state index contributed by atoms with van der Waals surface area (Å²) in [5, 5.41) is 9.22. The summed E-state index contributed by atoms with van der Waals surface area (Å²) in [5.74, 6) is 0.513. The second-order valence-electron chi connectivity index (χ2n) is 4.61. The summed E-state index contributed by atoms with van der Waals surface area (Å²) in [6.45, 7) is 8.15. The molecule has 1 aromatic rings. The number of rotatable bonds is 3. The van der Waals surface area contributed by atoms with Crippen molar-refractivity contribution in [2.24, 2.45) is 0 Å². The molecule has 0 spiro atoms. The van der Waals surface area contributed by atoms with Gasteiger partial charge in [0.2, 0.25) is 0 Å². The molecule has 0 aliphatic carbocycles. The average Bonchev–Trinajstić information content (AvgIpc) is 2.26. The molecule has 16 heavy (non-hydrogen) atoms. The highest BCUT2D eigenvalue weighted by molar-refractivity contribution is 5.76. The van der Waals surface area contributed by atoms with Crippen molar-refractivity contribution < 1.29 is 4.79 Å². The SMILES string of the molecule is CC(C)c1cc(C=O)cc(C(C)C)c1C#N. The summed E-state index contributed by atoms with van der Waals surface area (Å²) >= 11 is 0. The van der Waals surface area contributed by atoms with E-state index in [-0.39, 0.29) is 11.8 Å². The van der Waals surface area contributed by atoms with Crippen molar-refractivity contribution in [3.63, 3.8) is 0 Å². The third-order valence-electron chi connectivity index (χ3n) is 2.71. The Morgan fingerprint density at radius 2 is 1.56 bits per heavy atom. The fraction of sp³-hybridized carbons (Fsp3) is 0.429. The van der Waals surface area contributed by atoms with Crippen LogP contribution in [0.4, 0.5) is 0 Å². The summed E-state index contributed by atoms with van der Waals surface area (Å²) in [4.78, 5) is 10.9. The lowest BCUT2D eigenvalue weighted by molar-refractivity contribution is 0.112. The quantitative estimate of drug-likeness (QED) is 0.722. The molecule has 2 heteroatoms. The monoisotopic (exact) mass is 215 g/mol. The molecule has 1 aromatic carbocycles. The first-order valence-electron chi connectivity index (χ1n) is 5.54. The molecule has 0 radical (unpaired) electrons. The average molecular weight is 215 g/mol. The molecule has 1 rings (SSSR count). The maximum atomic E-state index is 10.9. The number of hydrogen-bond donors (Lipinski definition) is 0. The van der Waals surface area contributed by atoms with Crippen LogP contribution in [-0.4, -0.2) is 6.29 Å². The number of nitrogens with zero attached hydrogens (tertiary/aromatic N) is 1. The van der Waals surface area contributed by atoms with Gasteiger partial charge in [-0.25, -0.2) is 0 Å². The second kappa shape index (κ2) is 4.94. The minimum atomic E-state index is 0.257. The first kappa shape index (κ1) is 12.4. The summed E-state index contributed by atoms with van der Waals surface area (Å²) in [5.41, 5.74) is 3.33. The largest absolute Gasteiger partial charge is 0.298 e. The van der Waals surface area contributed by atoms with Gasteiger partial charge in [0, 0.05) is 5.56 Å². The fourth-order valence-electron chi connectivity index (χ4n) is 1.82. The third kappa shape index (κ3) is 2.30. The first-order chi connectivity index (χ1) is 7.51. The van der Waals surface area contributed by atoms with Gasteiger partial charge < -0.3 is 0 Å². The molecule has 0 saturated carbocycles. The summed E-state index contributed by atoms with van der Waals surface area (Å²) in [6, 6.07) is 5.91. The van der Waals surface area contributed by atoms with Crippen LogP contribution in [0.1, 0.15) is 66.6 Å². The normalized spacial score (nSPS) is 10.6. The van der Waals surface area contributed by atoms with E-state index in [0.717, 1.165) is 23.0 Å². The maximum Gasteiger partial charge on any atom is 0.150 e. The maximum absolute atomic E-state index is 10.9. The van der Waals surface area contributed by atoms with Crippen molar-refractivity contribution in [1.82, 2.24) is 0 Å². The van der Waals surface area contributed by atoms with Crippen molar-refractivity contribution in [2.75, 3.05) is 0 Å². The number of nitriles is 1. The molecule has 2 nitrogen and oxygen atoms in total. The van der Waals surface area contributed by atoms with Gasteiger partial charge in [0.05, 0.1) is 11.6 Å². The summed E-state index contributed by atoms with van der Waals surface area (Å²) in [7, 11) is 0. The molecule has 0 fully saturated rings. The Labute approximate surface area is 96.9 Å². The van der Waals surface area contributed by atoms with Gasteiger partial charge in [-0.15, -0.1) is 0 Å². The number of carbonyl (C=O) groups is 1. The third-order valence-corrected chi connectivity index (χ3v) is 2.71. The number of carbonyl (C=O) groups excluding carboxylic acids is 1. The van der Waals surface area contributed by atoms with Crippen molar-refractivity contribution in [3.8, 4) is 6.07 Å². The highest BCUT2D eigenvalue weighted by Crippen LogP contribution is 2.28. The fourth-order valence-corrected chi connectivity index (χ4v) is 1.82. The molecule has 0 heterocycles. The van der Waals surface area contributed by atoms with Crippen LogP contribution in [0.5, 0.6) is 0 Å². The molecule has 0 saturated heterocycles. The Kier molecular flexibility index (Phi) is 3.84. The lowest BCUT2D eigenvalue weighted by Gasteiger charge is -2.15. The molecule has 0 aliphatic heterocycles. The van der Waals surface area contributed by atoms with Gasteiger partial charge in [-0.3, -0.25) is 4.79 Å². The molecule has 0 amide bonds. The molecule has 0 aromatic heterocycles. The van der Waals surface area contributed by atoms with Crippen molar-refractivity contribution in [2.45, 2.75) is 39.5 Å². The van der Waals surface area contributed by atoms with Crippen molar-refractivity contribution in [3.05, 3.63) is 34.4 Å². The molecule has 0 N–H and O–H groups in total. The number of benzene rings is 1. The summed E-state index contributed by atoms with van der Waals surface area (Å²) < 4.78 is 0. The van der Waals surface area contributed by atoms with E-state index in [2.05, 4.69) is 6.07 Å². The minimum Gasteiger partial charge on any atom is -0.298 e. The van der Waals surface area contributed by atoms with Crippen LogP contribution in [0.25, 0.3) is 0 Å². The van der Waals surface area contributed by atoms with Crippen LogP contribution in [-0.2, 0) is 0 Å². The van der Waals surface area contributed by atoms with Gasteiger partial charge in [0.25, 0.3) is 0 Å². The Balaban J connectivity index is 3.54. The van der Waals surface area contributed by atoms with Crippen LogP contribution in [0.3, 0.4) is 0 Å². The standard InChI is InChI=1S/C14H17NO/c1-9(2)12-5-11(8-16)6-13(10(3)4)14(12)7-15/h5-6,8-10H,1-4H3. The van der Waals surface area contributed by atoms with E-state index < -0.39 is 0 Å². The molecule has 0 atom stereocenters. The van der Waals surface area contributed by atoms with E-state index in [4.69, 9.17) is 0 Å². The Morgan fingerprint density at radius 1 is 1.12 bits per heavy atom. The molecular weight excluding hydrogens is 198 g/mol. The zero-order valence-electron chi connectivity index (χ0n) is 10.2. The molecule has 0 aliphatic rings. The Hall–Kier alpha value is -1.62. The second-order valence-corrected chi connectivity index (χ2v) is 4.61. The lowest BCUT2D eigenvalue weighted by atomic mass is 9.87. The van der Waals surface area contributed by atoms with Crippen LogP contribution >= 0.6 is 0 Å². The van der Waals surface area contributed by atoms with E-state index >= 15 is 0 Å². The van der Waals surface area contributed by atoms with Gasteiger partial charge >= 0.3 is 0 Å². The number of aldehydes is 1. The van der Waals surface area contributed by atoms with Crippen LogP contribution < -0.4 is 0 Å². The predicted molar refractivity (Wildman–Crippen MR) is 64.7 cm³/mol. The van der Waals surface area contributed by atoms with Gasteiger partial charge in [-0.05, 0) is 35.1 Å². The molecule has 84 valence electrons. The van der Waals surface area contributed by atoms with Crippen LogP contribution in [0.15, 0.2) is 12.1 Å². The van der Waals surface area contributed by atoms with E-state index in [1.54, 1.807) is 0 Å². The molecule has 0 unspecified atom stereocenters. The predicted octanol–water partition coefficient (Wildman–Crippen LogP) is 3.62. The molecule has 0 bridgehead atoms. The van der Waals surface area contributed by atoms with Gasteiger partial charge in [-0.2, -0.15) is 5.26 Å². The van der Waals surface area contributed by atoms with Crippen molar-refractivity contribution in [1.29, 1.82) is 5.26 Å². The Morgan fingerprint density at radius 3 is 1.81 bits per heavy atom. The van der Waals surface area contributed by atoms with Crippen LogP contribution in [0.2, 0.25) is 0 Å². The van der Waals surface area contributed by atoms with E-state index in [0.29, 0.717) is 5.56 Å². The molecular formula is C14H17NO. The zero-order valence-corrected chi connectivity index (χ0v) is 10.2. The first-order valence-corrected chi connectivity index (χ1v) is 5.54. The number of hydrogen-bond acceptors (Lipinski definition) is 2. The van der Waals surface area contributed by atoms with Gasteiger partial charge in [-0.1, -0.05) is 27.7 Å². The highest BCUT2D eigenvalue weighted by atomic mass is 16.1. The minimum absolute atomic E-state index is 0.257. The van der Waals surface area contributed by atoms with Gasteiger partial charge in [0.15, 0.2) is 0 Å². The van der Waals surface area contributed by atoms with E-state index in [1.165, 1.54) is 0 Å². The van der Waals surface area contributed by atoms with Crippen LogP contribution in [0, 0.1) is 11.3 Å². The Bertz CT molecular complexity index is 410. The zero-order chi connectivity index (χ0) is 12.3. The van der Waals surface area contributed by atoms with E-state index in [9.17, 15) is 10.1 Å². The van der Waals surface area contributed by atoms with E-state index in [1.807, 2.05) is 39.8 Å². The topological polar surface area (TPSA) is 40.9 Å². The smallest absolute Gasteiger partial charge is 0.150 e. The summed E-state index contributed by atoms with van der Waals surface area (Å²) in [6.07, 6.45) is 0.846. The highest BCUT2D eigenvalue weighted by Gasteiger charge is 2.15. The lowest BCUT2D eigenvalue weighted by Crippen LogP contribution is -2.02.